The molecule has 0 amide bonds. The van der Waals surface area contributed by atoms with Gasteiger partial charge in [0.05, 0.1) is 12.1 Å². The number of pyridine rings is 1. The first-order chi connectivity index (χ1) is 7.70. The van der Waals surface area contributed by atoms with E-state index in [1.807, 2.05) is 0 Å². The minimum Gasteiger partial charge on any atom is -0.461 e. The molecule has 0 N–H and O–H groups in total. The van der Waals surface area contributed by atoms with Crippen LogP contribution in [0.5, 0.6) is 0 Å². The molecule has 0 saturated heterocycles. The molecule has 1 heterocycles. The Morgan fingerprint density at radius 1 is 1.38 bits per heavy atom. The van der Waals surface area contributed by atoms with Crippen molar-refractivity contribution in [3.05, 3.63) is 41.8 Å². The summed E-state index contributed by atoms with van der Waals surface area (Å²) >= 11 is 0. The van der Waals surface area contributed by atoms with Crippen molar-refractivity contribution in [3.8, 4) is 0 Å². The van der Waals surface area contributed by atoms with Crippen LogP contribution in [0.1, 0.15) is 17.4 Å². The molecule has 1 aromatic heterocycles. The molecule has 0 bridgehead atoms. The van der Waals surface area contributed by atoms with Gasteiger partial charge in [0.2, 0.25) is 0 Å². The van der Waals surface area contributed by atoms with Gasteiger partial charge in [0.15, 0.2) is 0 Å². The van der Waals surface area contributed by atoms with Gasteiger partial charge in [-0.2, -0.15) is 0 Å². The number of nitrogens with zero attached hydrogens (tertiary/aromatic N) is 1. The fraction of sp³-hybridized carbons (Fsp3) is 0.167. The number of halogens is 1. The molecule has 1 aromatic carbocycles. The Balaban J connectivity index is 2.46. The van der Waals surface area contributed by atoms with Gasteiger partial charge in [-0.1, -0.05) is 6.07 Å². The predicted molar refractivity (Wildman–Crippen MR) is 57.7 cm³/mol. The average molecular weight is 219 g/mol. The molecule has 82 valence electrons. The van der Waals surface area contributed by atoms with Gasteiger partial charge in [-0.3, -0.25) is 0 Å². The monoisotopic (exact) mass is 219 g/mol. The number of benzene rings is 1. The summed E-state index contributed by atoms with van der Waals surface area (Å²) in [6.45, 7) is 2.01. The summed E-state index contributed by atoms with van der Waals surface area (Å²) < 4.78 is 17.8. The van der Waals surface area contributed by atoms with Crippen molar-refractivity contribution in [3.63, 3.8) is 0 Å². The van der Waals surface area contributed by atoms with Crippen LogP contribution < -0.4 is 0 Å². The highest BCUT2D eigenvalue weighted by Crippen LogP contribution is 2.14. The lowest BCUT2D eigenvalue weighted by Gasteiger charge is -2.02. The molecule has 0 saturated carbocycles. The number of carbonyl (C=O) groups excluding carboxylic acids is 1. The summed E-state index contributed by atoms with van der Waals surface area (Å²) in [5.74, 6) is -0.866. The Morgan fingerprint density at radius 2 is 2.12 bits per heavy atom. The van der Waals surface area contributed by atoms with Crippen molar-refractivity contribution in [2.24, 2.45) is 0 Å². The van der Waals surface area contributed by atoms with Gasteiger partial charge >= 0.3 is 5.97 Å². The third-order valence-electron chi connectivity index (χ3n) is 2.14. The smallest absolute Gasteiger partial charge is 0.356 e. The number of esters is 1. The van der Waals surface area contributed by atoms with E-state index < -0.39 is 5.97 Å². The Morgan fingerprint density at radius 3 is 2.88 bits per heavy atom. The maximum Gasteiger partial charge on any atom is 0.356 e. The largest absolute Gasteiger partial charge is 0.461 e. The van der Waals surface area contributed by atoms with Crippen LogP contribution in [-0.4, -0.2) is 17.6 Å². The fourth-order valence-electron chi connectivity index (χ4n) is 1.41. The van der Waals surface area contributed by atoms with Crippen LogP contribution in [0.25, 0.3) is 10.9 Å². The van der Waals surface area contributed by atoms with Crippen molar-refractivity contribution in [2.45, 2.75) is 6.92 Å². The van der Waals surface area contributed by atoms with Crippen LogP contribution in [-0.2, 0) is 4.74 Å². The number of hydrogen-bond donors (Lipinski definition) is 0. The van der Waals surface area contributed by atoms with Gasteiger partial charge in [-0.25, -0.2) is 14.2 Å². The minimum atomic E-state index is -0.492. The molecular weight excluding hydrogens is 209 g/mol. The molecule has 0 radical (unpaired) electrons. The lowest BCUT2D eigenvalue weighted by atomic mass is 10.2. The molecule has 0 aliphatic carbocycles. The Hall–Kier alpha value is -1.97. The maximum absolute atomic E-state index is 13.0. The zero-order valence-electron chi connectivity index (χ0n) is 8.74. The van der Waals surface area contributed by atoms with Gasteiger partial charge in [-0.05, 0) is 25.1 Å². The highest BCUT2D eigenvalue weighted by atomic mass is 19.1. The molecule has 2 rings (SSSR count). The third kappa shape index (κ3) is 2.00. The molecule has 2 aromatic rings. The second-order valence-electron chi connectivity index (χ2n) is 3.25. The predicted octanol–water partition coefficient (Wildman–Crippen LogP) is 2.55. The standard InChI is InChI=1S/C12H10FNO2/c1-2-16-12(15)10-6-4-8-3-5-9(13)7-11(8)14-10/h3-7H,2H2,1H3. The van der Waals surface area contributed by atoms with E-state index in [2.05, 4.69) is 4.98 Å². The van der Waals surface area contributed by atoms with E-state index in [4.69, 9.17) is 4.74 Å². The van der Waals surface area contributed by atoms with Crippen molar-refractivity contribution < 1.29 is 13.9 Å². The highest BCUT2D eigenvalue weighted by molar-refractivity contribution is 5.90. The van der Waals surface area contributed by atoms with Crippen LogP contribution in [0.15, 0.2) is 30.3 Å². The number of aromatic nitrogens is 1. The molecule has 3 nitrogen and oxygen atoms in total. The number of hydrogen-bond acceptors (Lipinski definition) is 3. The SMILES string of the molecule is CCOC(=O)c1ccc2ccc(F)cc2n1. The number of ether oxygens (including phenoxy) is 1. The van der Waals surface area contributed by atoms with E-state index >= 15 is 0 Å². The summed E-state index contributed by atoms with van der Waals surface area (Å²) in [7, 11) is 0. The molecular formula is C12H10FNO2. The van der Waals surface area contributed by atoms with Gasteiger partial charge in [0.1, 0.15) is 11.5 Å². The minimum absolute atomic E-state index is 0.194. The lowest BCUT2D eigenvalue weighted by Crippen LogP contribution is -2.06. The molecule has 16 heavy (non-hydrogen) atoms. The van der Waals surface area contributed by atoms with E-state index in [9.17, 15) is 9.18 Å². The van der Waals surface area contributed by atoms with E-state index in [0.29, 0.717) is 12.1 Å². The van der Waals surface area contributed by atoms with Gasteiger partial charge in [0, 0.05) is 11.5 Å². The highest BCUT2D eigenvalue weighted by Gasteiger charge is 2.08. The molecule has 0 unspecified atom stereocenters. The first-order valence-corrected chi connectivity index (χ1v) is 4.94. The van der Waals surface area contributed by atoms with Crippen molar-refractivity contribution in [1.82, 2.24) is 4.98 Å². The molecule has 0 aliphatic rings. The zero-order chi connectivity index (χ0) is 11.5. The summed E-state index contributed by atoms with van der Waals surface area (Å²) in [6.07, 6.45) is 0. The van der Waals surface area contributed by atoms with Crippen LogP contribution in [0.2, 0.25) is 0 Å². The molecule has 0 atom stereocenters. The summed E-state index contributed by atoms with van der Waals surface area (Å²) in [5, 5.41) is 0.787. The molecule has 0 aliphatic heterocycles. The normalized spacial score (nSPS) is 10.4. The number of rotatable bonds is 2. The van der Waals surface area contributed by atoms with Crippen LogP contribution in [0.4, 0.5) is 4.39 Å². The van der Waals surface area contributed by atoms with E-state index in [1.54, 1.807) is 25.1 Å². The zero-order valence-corrected chi connectivity index (χ0v) is 8.74. The van der Waals surface area contributed by atoms with Gasteiger partial charge in [0.25, 0.3) is 0 Å². The van der Waals surface area contributed by atoms with E-state index in [0.717, 1.165) is 5.39 Å². The summed E-state index contributed by atoms with van der Waals surface area (Å²) in [5.41, 5.74) is 0.644. The van der Waals surface area contributed by atoms with Crippen LogP contribution in [0.3, 0.4) is 0 Å². The van der Waals surface area contributed by atoms with Crippen LogP contribution >= 0.6 is 0 Å². The first-order valence-electron chi connectivity index (χ1n) is 4.94. The van der Waals surface area contributed by atoms with Crippen molar-refractivity contribution in [2.75, 3.05) is 6.61 Å². The maximum atomic E-state index is 13.0. The molecule has 0 fully saturated rings. The topological polar surface area (TPSA) is 39.2 Å². The van der Waals surface area contributed by atoms with E-state index in [1.165, 1.54) is 12.1 Å². The second kappa shape index (κ2) is 4.26. The fourth-order valence-corrected chi connectivity index (χ4v) is 1.41. The Labute approximate surface area is 91.9 Å². The number of fused-ring (bicyclic) bond motifs is 1. The third-order valence-corrected chi connectivity index (χ3v) is 2.14. The van der Waals surface area contributed by atoms with Gasteiger partial charge < -0.3 is 4.74 Å². The Bertz CT molecular complexity index is 540. The van der Waals surface area contributed by atoms with Crippen LogP contribution in [0, 0.1) is 5.82 Å². The quantitative estimate of drug-likeness (QED) is 0.728. The Kier molecular flexibility index (Phi) is 2.81. The van der Waals surface area contributed by atoms with Crippen molar-refractivity contribution >= 4 is 16.9 Å². The lowest BCUT2D eigenvalue weighted by molar-refractivity contribution is 0.0520. The summed E-state index contributed by atoms with van der Waals surface area (Å²) in [4.78, 5) is 15.4. The number of carbonyl (C=O) groups is 1. The summed E-state index contributed by atoms with van der Waals surface area (Å²) in [6, 6.07) is 7.55. The van der Waals surface area contributed by atoms with Crippen molar-refractivity contribution in [1.29, 1.82) is 0 Å². The second-order valence-corrected chi connectivity index (χ2v) is 3.25. The molecule has 0 spiro atoms. The molecule has 4 heteroatoms. The van der Waals surface area contributed by atoms with E-state index in [-0.39, 0.29) is 11.5 Å². The van der Waals surface area contributed by atoms with Gasteiger partial charge in [-0.15, -0.1) is 0 Å². The first kappa shape index (κ1) is 10.5. The average Bonchev–Trinajstić information content (AvgIpc) is 2.28.